The lowest BCUT2D eigenvalue weighted by Gasteiger charge is -2.05. The average Bonchev–Trinajstić information content (AvgIpc) is 2.32. The maximum atomic E-state index is 12.0. The van der Waals surface area contributed by atoms with Crippen LogP contribution in [0.25, 0.3) is 17.0 Å². The molecule has 4 nitrogen and oxygen atoms in total. The van der Waals surface area contributed by atoms with E-state index in [0.29, 0.717) is 5.56 Å². The van der Waals surface area contributed by atoms with Crippen LogP contribution in [0.15, 0.2) is 41.2 Å². The van der Waals surface area contributed by atoms with Gasteiger partial charge in [-0.15, -0.1) is 0 Å². The minimum absolute atomic E-state index is 0.152. The summed E-state index contributed by atoms with van der Waals surface area (Å²) in [6.07, 6.45) is 2.63. The quantitative estimate of drug-likeness (QED) is 0.780. The van der Waals surface area contributed by atoms with Gasteiger partial charge in [-0.2, -0.15) is 0 Å². The van der Waals surface area contributed by atoms with Crippen LogP contribution < -0.4 is 11.3 Å². The van der Waals surface area contributed by atoms with Crippen molar-refractivity contribution in [2.24, 2.45) is 12.8 Å². The summed E-state index contributed by atoms with van der Waals surface area (Å²) in [5, 5.41) is 0.943. The van der Waals surface area contributed by atoms with Crippen molar-refractivity contribution < 1.29 is 4.79 Å². The molecule has 86 valence electrons. The van der Waals surface area contributed by atoms with Crippen molar-refractivity contribution in [1.82, 2.24) is 4.57 Å². The van der Waals surface area contributed by atoms with E-state index in [1.54, 1.807) is 17.7 Å². The van der Waals surface area contributed by atoms with Gasteiger partial charge in [0.25, 0.3) is 5.56 Å². The number of para-hydroxylation sites is 1. The molecule has 0 bridgehead atoms. The molecule has 0 aliphatic heterocycles. The highest BCUT2D eigenvalue weighted by Crippen LogP contribution is 2.12. The number of rotatable bonds is 2. The zero-order chi connectivity index (χ0) is 12.4. The number of amides is 1. The Bertz CT molecular complexity index is 669. The summed E-state index contributed by atoms with van der Waals surface area (Å²) in [6.45, 7) is 0. The van der Waals surface area contributed by atoms with E-state index in [0.717, 1.165) is 10.9 Å². The fraction of sp³-hybridized carbons (Fsp3) is 0.0769. The summed E-state index contributed by atoms with van der Waals surface area (Å²) in [5.41, 5.74) is 6.16. The molecule has 0 radical (unpaired) electrons. The molecule has 0 unspecified atom stereocenters. The zero-order valence-electron chi connectivity index (χ0n) is 9.38. The number of aryl methyl sites for hydroxylation is 1. The van der Waals surface area contributed by atoms with Gasteiger partial charge in [0.05, 0.1) is 5.52 Å². The Morgan fingerprint density at radius 3 is 2.76 bits per heavy atom. The van der Waals surface area contributed by atoms with Crippen molar-refractivity contribution in [1.29, 1.82) is 0 Å². The first-order chi connectivity index (χ1) is 8.09. The Kier molecular flexibility index (Phi) is 2.78. The van der Waals surface area contributed by atoms with Gasteiger partial charge in [0.15, 0.2) is 0 Å². The second kappa shape index (κ2) is 4.25. The molecule has 2 rings (SSSR count). The summed E-state index contributed by atoms with van der Waals surface area (Å²) in [7, 11) is 1.70. The molecule has 1 aromatic heterocycles. The lowest BCUT2D eigenvalue weighted by Crippen LogP contribution is -2.19. The van der Waals surface area contributed by atoms with Crippen LogP contribution in [0.4, 0.5) is 0 Å². The maximum absolute atomic E-state index is 12.0. The summed E-state index contributed by atoms with van der Waals surface area (Å²) < 4.78 is 1.55. The highest BCUT2D eigenvalue weighted by atomic mass is 16.1. The Morgan fingerprint density at radius 1 is 1.35 bits per heavy atom. The summed E-state index contributed by atoms with van der Waals surface area (Å²) in [5.74, 6) is -0.569. The van der Waals surface area contributed by atoms with E-state index >= 15 is 0 Å². The minimum Gasteiger partial charge on any atom is -0.366 e. The smallest absolute Gasteiger partial charge is 0.258 e. The number of fused-ring (bicyclic) bond motifs is 1. The molecule has 0 aliphatic carbocycles. The second-order valence-electron chi connectivity index (χ2n) is 3.76. The van der Waals surface area contributed by atoms with Crippen LogP contribution >= 0.6 is 0 Å². The number of nitrogens with two attached hydrogens (primary N) is 1. The number of hydrogen-bond donors (Lipinski definition) is 1. The molecule has 4 heteroatoms. The molecule has 1 amide bonds. The molecule has 0 fully saturated rings. The van der Waals surface area contributed by atoms with Crippen molar-refractivity contribution >= 4 is 22.9 Å². The summed E-state index contributed by atoms with van der Waals surface area (Å²) in [6, 6.07) is 9.31. The molecular formula is C13H12N2O2. The van der Waals surface area contributed by atoms with Crippen LogP contribution in [-0.4, -0.2) is 10.5 Å². The number of benzene rings is 1. The molecule has 1 aromatic carbocycles. The molecule has 17 heavy (non-hydrogen) atoms. The van der Waals surface area contributed by atoms with Gasteiger partial charge in [-0.3, -0.25) is 9.59 Å². The first kappa shape index (κ1) is 11.1. The molecule has 2 N–H and O–H groups in total. The van der Waals surface area contributed by atoms with Crippen LogP contribution in [0.5, 0.6) is 0 Å². The summed E-state index contributed by atoms with van der Waals surface area (Å²) in [4.78, 5) is 22.6. The standard InChI is InChI=1S/C13H12N2O2/c1-15-11-5-3-2-4-9(11)8-10(13(15)17)6-7-12(14)16/h2-8H,1H3,(H2,14,16)/b7-6-. The van der Waals surface area contributed by atoms with E-state index in [1.807, 2.05) is 24.3 Å². The SMILES string of the molecule is Cn1c(=O)c(/C=C\C(N)=O)cc2ccccc21. The maximum Gasteiger partial charge on any atom is 0.258 e. The first-order valence-corrected chi connectivity index (χ1v) is 5.16. The monoisotopic (exact) mass is 228 g/mol. The van der Waals surface area contributed by atoms with E-state index in [-0.39, 0.29) is 5.56 Å². The largest absolute Gasteiger partial charge is 0.366 e. The third-order valence-corrected chi connectivity index (χ3v) is 2.59. The van der Waals surface area contributed by atoms with Crippen molar-refractivity contribution in [3.8, 4) is 0 Å². The topological polar surface area (TPSA) is 65.1 Å². The van der Waals surface area contributed by atoms with Crippen LogP contribution in [0, 0.1) is 0 Å². The fourth-order valence-corrected chi connectivity index (χ4v) is 1.74. The number of carbonyl (C=O) groups is 1. The third-order valence-electron chi connectivity index (χ3n) is 2.59. The zero-order valence-corrected chi connectivity index (χ0v) is 9.38. The van der Waals surface area contributed by atoms with Gasteiger partial charge < -0.3 is 10.3 Å². The van der Waals surface area contributed by atoms with Gasteiger partial charge in [-0.1, -0.05) is 18.2 Å². The van der Waals surface area contributed by atoms with Crippen LogP contribution in [-0.2, 0) is 11.8 Å². The lowest BCUT2D eigenvalue weighted by molar-refractivity contribution is -0.113. The number of aromatic nitrogens is 1. The molecule has 2 aromatic rings. The van der Waals surface area contributed by atoms with Crippen LogP contribution in [0.1, 0.15) is 5.56 Å². The Balaban J connectivity index is 2.70. The van der Waals surface area contributed by atoms with Gasteiger partial charge in [0, 0.05) is 18.7 Å². The van der Waals surface area contributed by atoms with Crippen LogP contribution in [0.2, 0.25) is 0 Å². The number of carbonyl (C=O) groups excluding carboxylic acids is 1. The number of hydrogen-bond acceptors (Lipinski definition) is 2. The fourth-order valence-electron chi connectivity index (χ4n) is 1.74. The van der Waals surface area contributed by atoms with Gasteiger partial charge in [0.2, 0.25) is 5.91 Å². The van der Waals surface area contributed by atoms with E-state index in [2.05, 4.69) is 0 Å². The lowest BCUT2D eigenvalue weighted by atomic mass is 10.1. The molecule has 0 spiro atoms. The van der Waals surface area contributed by atoms with Crippen molar-refractivity contribution in [3.05, 3.63) is 52.3 Å². The van der Waals surface area contributed by atoms with Gasteiger partial charge in [-0.25, -0.2) is 0 Å². The molecule has 0 atom stereocenters. The van der Waals surface area contributed by atoms with E-state index in [4.69, 9.17) is 5.73 Å². The van der Waals surface area contributed by atoms with E-state index in [9.17, 15) is 9.59 Å². The predicted octanol–water partition coefficient (Wildman–Crippen LogP) is 1.04. The predicted molar refractivity (Wildman–Crippen MR) is 67.4 cm³/mol. The van der Waals surface area contributed by atoms with E-state index in [1.165, 1.54) is 12.2 Å². The molecule has 0 saturated carbocycles. The van der Waals surface area contributed by atoms with Gasteiger partial charge in [0.1, 0.15) is 0 Å². The average molecular weight is 228 g/mol. The van der Waals surface area contributed by atoms with Crippen molar-refractivity contribution in [2.75, 3.05) is 0 Å². The minimum atomic E-state index is -0.569. The highest BCUT2D eigenvalue weighted by Gasteiger charge is 2.03. The Morgan fingerprint density at radius 2 is 2.06 bits per heavy atom. The normalized spacial score (nSPS) is 11.1. The van der Waals surface area contributed by atoms with Gasteiger partial charge >= 0.3 is 0 Å². The Hall–Kier alpha value is -2.36. The number of primary amides is 1. The number of nitrogens with zero attached hydrogens (tertiary/aromatic N) is 1. The molecular weight excluding hydrogens is 216 g/mol. The van der Waals surface area contributed by atoms with E-state index < -0.39 is 5.91 Å². The van der Waals surface area contributed by atoms with Crippen molar-refractivity contribution in [2.45, 2.75) is 0 Å². The molecule has 1 heterocycles. The Labute approximate surface area is 98.0 Å². The summed E-state index contributed by atoms with van der Waals surface area (Å²) >= 11 is 0. The third kappa shape index (κ3) is 2.10. The molecule has 0 saturated heterocycles. The molecule has 0 aliphatic rings. The second-order valence-corrected chi connectivity index (χ2v) is 3.76. The first-order valence-electron chi connectivity index (χ1n) is 5.16. The highest BCUT2D eigenvalue weighted by molar-refractivity contribution is 5.91. The number of pyridine rings is 1. The van der Waals surface area contributed by atoms with Gasteiger partial charge in [-0.05, 0) is 23.6 Å². The van der Waals surface area contributed by atoms with Crippen molar-refractivity contribution in [3.63, 3.8) is 0 Å². The van der Waals surface area contributed by atoms with Crippen LogP contribution in [0.3, 0.4) is 0 Å².